The molecule has 0 aliphatic carbocycles. The summed E-state index contributed by atoms with van der Waals surface area (Å²) >= 11 is 0. The number of nitrogens with zero attached hydrogens (tertiary/aromatic N) is 3. The third kappa shape index (κ3) is 2.20. The number of H-pyrrole nitrogens is 1. The van der Waals surface area contributed by atoms with Crippen LogP contribution in [0.15, 0.2) is 0 Å². The lowest BCUT2D eigenvalue weighted by atomic mass is 10.2. The molecule has 2 heterocycles. The van der Waals surface area contributed by atoms with Gasteiger partial charge in [0, 0.05) is 24.8 Å². The molecular weight excluding hydrogens is 216 g/mol. The lowest BCUT2D eigenvalue weighted by Crippen LogP contribution is -2.34. The summed E-state index contributed by atoms with van der Waals surface area (Å²) in [7, 11) is 4.12. The Morgan fingerprint density at radius 1 is 1.47 bits per heavy atom. The topological polar surface area (TPSA) is 52.2 Å². The Kier molecular flexibility index (Phi) is 3.19. The molecule has 5 heteroatoms. The summed E-state index contributed by atoms with van der Waals surface area (Å²) in [5.41, 5.74) is 2.39. The van der Waals surface area contributed by atoms with Crippen molar-refractivity contribution in [3.05, 3.63) is 17.0 Å². The van der Waals surface area contributed by atoms with Gasteiger partial charge < -0.3 is 9.80 Å². The van der Waals surface area contributed by atoms with Crippen LogP contribution in [0, 0.1) is 13.8 Å². The minimum atomic E-state index is 0.109. The molecule has 1 aromatic heterocycles. The van der Waals surface area contributed by atoms with Crippen molar-refractivity contribution in [2.45, 2.75) is 26.3 Å². The minimum absolute atomic E-state index is 0.109. The smallest absolute Gasteiger partial charge is 0.257 e. The Labute approximate surface area is 102 Å². The first-order valence-corrected chi connectivity index (χ1v) is 5.98. The second kappa shape index (κ2) is 4.49. The molecule has 1 atom stereocenters. The van der Waals surface area contributed by atoms with Crippen molar-refractivity contribution in [2.24, 2.45) is 0 Å². The Bertz CT molecular complexity index is 405. The van der Waals surface area contributed by atoms with E-state index in [1.54, 1.807) is 0 Å². The highest BCUT2D eigenvalue weighted by Gasteiger charge is 2.30. The van der Waals surface area contributed by atoms with E-state index in [1.165, 1.54) is 0 Å². The van der Waals surface area contributed by atoms with Crippen molar-refractivity contribution < 1.29 is 4.79 Å². The first-order chi connectivity index (χ1) is 8.00. The van der Waals surface area contributed by atoms with Gasteiger partial charge in [0.05, 0.1) is 11.3 Å². The highest BCUT2D eigenvalue weighted by Crippen LogP contribution is 2.19. The molecule has 17 heavy (non-hydrogen) atoms. The van der Waals surface area contributed by atoms with Crippen LogP contribution in [0.25, 0.3) is 0 Å². The van der Waals surface area contributed by atoms with E-state index < -0.39 is 0 Å². The van der Waals surface area contributed by atoms with E-state index in [9.17, 15) is 4.79 Å². The lowest BCUT2D eigenvalue weighted by Gasteiger charge is -2.20. The number of carbonyl (C=O) groups is 1. The van der Waals surface area contributed by atoms with Crippen LogP contribution in [0.4, 0.5) is 0 Å². The molecule has 0 aromatic carbocycles. The Morgan fingerprint density at radius 2 is 2.18 bits per heavy atom. The third-order valence-corrected chi connectivity index (χ3v) is 3.52. The van der Waals surface area contributed by atoms with Gasteiger partial charge >= 0.3 is 0 Å². The van der Waals surface area contributed by atoms with Gasteiger partial charge in [-0.1, -0.05) is 0 Å². The molecule has 1 fully saturated rings. The molecule has 0 spiro atoms. The van der Waals surface area contributed by atoms with Crippen LogP contribution >= 0.6 is 0 Å². The van der Waals surface area contributed by atoms with Crippen LogP contribution in [0.5, 0.6) is 0 Å². The summed E-state index contributed by atoms with van der Waals surface area (Å²) < 4.78 is 0. The van der Waals surface area contributed by atoms with Gasteiger partial charge in [0.15, 0.2) is 0 Å². The van der Waals surface area contributed by atoms with E-state index in [0.717, 1.165) is 36.5 Å². The molecule has 1 unspecified atom stereocenters. The van der Waals surface area contributed by atoms with Crippen molar-refractivity contribution >= 4 is 5.91 Å². The molecule has 1 aromatic rings. The maximum Gasteiger partial charge on any atom is 0.257 e. The number of nitrogens with one attached hydrogen (secondary N) is 1. The summed E-state index contributed by atoms with van der Waals surface area (Å²) in [4.78, 5) is 16.5. The zero-order valence-corrected chi connectivity index (χ0v) is 10.9. The van der Waals surface area contributed by atoms with E-state index in [-0.39, 0.29) is 5.91 Å². The summed E-state index contributed by atoms with van der Waals surface area (Å²) in [6, 6.07) is 0.478. The zero-order valence-electron chi connectivity index (χ0n) is 10.9. The van der Waals surface area contributed by atoms with Gasteiger partial charge in [-0.3, -0.25) is 9.89 Å². The molecule has 2 rings (SSSR count). The molecule has 1 amide bonds. The Balaban J connectivity index is 2.12. The molecule has 94 valence electrons. The van der Waals surface area contributed by atoms with Crippen LogP contribution in [-0.2, 0) is 0 Å². The summed E-state index contributed by atoms with van der Waals surface area (Å²) in [6.07, 6.45) is 1.05. The van der Waals surface area contributed by atoms with Crippen molar-refractivity contribution in [1.29, 1.82) is 0 Å². The SMILES string of the molecule is Cc1n[nH]c(C)c1C(=O)N1CCC(N(C)C)C1. The normalized spacial score (nSPS) is 20.3. The second-order valence-corrected chi connectivity index (χ2v) is 4.97. The van der Waals surface area contributed by atoms with Gasteiger partial charge in [-0.25, -0.2) is 0 Å². The fourth-order valence-electron chi connectivity index (χ4n) is 2.37. The standard InChI is InChI=1S/C12H20N4O/c1-8-11(9(2)14-13-8)12(17)16-6-5-10(7-16)15(3)4/h10H,5-7H2,1-4H3,(H,13,14). The third-order valence-electron chi connectivity index (χ3n) is 3.52. The molecule has 1 aliphatic heterocycles. The lowest BCUT2D eigenvalue weighted by molar-refractivity contribution is 0.0781. The molecule has 1 saturated heterocycles. The van der Waals surface area contributed by atoms with E-state index >= 15 is 0 Å². The molecule has 1 N–H and O–H groups in total. The van der Waals surface area contributed by atoms with Gasteiger partial charge in [0.2, 0.25) is 0 Å². The fraction of sp³-hybridized carbons (Fsp3) is 0.667. The highest BCUT2D eigenvalue weighted by molar-refractivity contribution is 5.96. The van der Waals surface area contributed by atoms with E-state index in [0.29, 0.717) is 6.04 Å². The first-order valence-electron chi connectivity index (χ1n) is 5.98. The second-order valence-electron chi connectivity index (χ2n) is 4.97. The molecule has 0 saturated carbocycles. The number of aryl methyl sites for hydroxylation is 2. The number of rotatable bonds is 2. The quantitative estimate of drug-likeness (QED) is 0.826. The first kappa shape index (κ1) is 12.1. The largest absolute Gasteiger partial charge is 0.337 e. The summed E-state index contributed by atoms with van der Waals surface area (Å²) in [5.74, 6) is 0.109. The van der Waals surface area contributed by atoms with Crippen molar-refractivity contribution in [3.63, 3.8) is 0 Å². The summed E-state index contributed by atoms with van der Waals surface area (Å²) in [6.45, 7) is 5.42. The molecule has 1 aliphatic rings. The number of carbonyl (C=O) groups excluding carboxylic acids is 1. The van der Waals surface area contributed by atoms with Crippen molar-refractivity contribution in [1.82, 2.24) is 20.0 Å². The number of hydrogen-bond donors (Lipinski definition) is 1. The van der Waals surface area contributed by atoms with Crippen LogP contribution in [-0.4, -0.2) is 59.1 Å². The monoisotopic (exact) mass is 236 g/mol. The zero-order chi connectivity index (χ0) is 12.6. The van der Waals surface area contributed by atoms with E-state index in [1.807, 2.05) is 18.7 Å². The molecular formula is C12H20N4O. The van der Waals surface area contributed by atoms with Gasteiger partial charge in [-0.15, -0.1) is 0 Å². The van der Waals surface area contributed by atoms with Crippen LogP contribution in [0.2, 0.25) is 0 Å². The molecule has 0 bridgehead atoms. The highest BCUT2D eigenvalue weighted by atomic mass is 16.2. The van der Waals surface area contributed by atoms with Crippen LogP contribution in [0.1, 0.15) is 28.2 Å². The number of amides is 1. The van der Waals surface area contributed by atoms with E-state index in [2.05, 4.69) is 29.2 Å². The van der Waals surface area contributed by atoms with Crippen LogP contribution in [0.3, 0.4) is 0 Å². The Morgan fingerprint density at radius 3 is 2.65 bits per heavy atom. The number of hydrogen-bond acceptors (Lipinski definition) is 3. The van der Waals surface area contributed by atoms with Gasteiger partial charge in [0.25, 0.3) is 5.91 Å². The molecule has 5 nitrogen and oxygen atoms in total. The van der Waals surface area contributed by atoms with Crippen molar-refractivity contribution in [3.8, 4) is 0 Å². The number of likely N-dealkylation sites (N-methyl/N-ethyl adjacent to an activating group) is 1. The molecule has 0 radical (unpaired) electrons. The van der Waals surface area contributed by atoms with Gasteiger partial charge in [-0.05, 0) is 34.4 Å². The van der Waals surface area contributed by atoms with Crippen LogP contribution < -0.4 is 0 Å². The maximum absolute atomic E-state index is 12.4. The Hall–Kier alpha value is -1.36. The average molecular weight is 236 g/mol. The summed E-state index contributed by atoms with van der Waals surface area (Å²) in [5, 5.41) is 6.95. The minimum Gasteiger partial charge on any atom is -0.337 e. The number of aromatic amines is 1. The van der Waals surface area contributed by atoms with Gasteiger partial charge in [-0.2, -0.15) is 5.10 Å². The van der Waals surface area contributed by atoms with Gasteiger partial charge in [0.1, 0.15) is 0 Å². The predicted molar refractivity (Wildman–Crippen MR) is 66.1 cm³/mol. The maximum atomic E-state index is 12.4. The number of aromatic nitrogens is 2. The fourth-order valence-corrected chi connectivity index (χ4v) is 2.37. The van der Waals surface area contributed by atoms with Crippen molar-refractivity contribution in [2.75, 3.05) is 27.2 Å². The van der Waals surface area contributed by atoms with E-state index in [4.69, 9.17) is 0 Å². The number of likely N-dealkylation sites (tertiary alicyclic amines) is 1. The predicted octanol–water partition coefficient (Wildman–Crippen LogP) is 0.803. The average Bonchev–Trinajstić information content (AvgIpc) is 2.85.